The molecule has 0 saturated carbocycles. The van der Waals surface area contributed by atoms with Crippen molar-refractivity contribution in [3.8, 4) is 0 Å². The van der Waals surface area contributed by atoms with Crippen molar-refractivity contribution >= 4 is 5.82 Å². The largest absolute Gasteiger partial charge is 0.356 e. The molecule has 0 N–H and O–H groups in total. The van der Waals surface area contributed by atoms with E-state index in [4.69, 9.17) is 0 Å². The molecule has 4 heteroatoms. The minimum absolute atomic E-state index is 0.609. The molecule has 1 fully saturated rings. The van der Waals surface area contributed by atoms with Crippen molar-refractivity contribution in [1.82, 2.24) is 14.9 Å². The van der Waals surface area contributed by atoms with Gasteiger partial charge in [-0.1, -0.05) is 13.8 Å². The van der Waals surface area contributed by atoms with Gasteiger partial charge in [-0.2, -0.15) is 0 Å². The van der Waals surface area contributed by atoms with Gasteiger partial charge in [0.25, 0.3) is 0 Å². The zero-order valence-corrected chi connectivity index (χ0v) is 12.6. The molecule has 0 aromatic carbocycles. The lowest BCUT2D eigenvalue weighted by Gasteiger charge is -2.35. The highest BCUT2D eigenvalue weighted by atomic mass is 15.2. The van der Waals surface area contributed by atoms with Crippen LogP contribution in [-0.4, -0.2) is 48.1 Å². The van der Waals surface area contributed by atoms with Crippen LogP contribution in [0, 0.1) is 5.92 Å². The van der Waals surface area contributed by atoms with Crippen molar-refractivity contribution in [2.45, 2.75) is 39.2 Å². The number of nitrogens with zero attached hydrogens (tertiary/aromatic N) is 4. The summed E-state index contributed by atoms with van der Waals surface area (Å²) in [6.07, 6.45) is 5.17. The first-order chi connectivity index (χ1) is 9.06. The number of hydrogen-bond donors (Lipinski definition) is 0. The number of anilines is 1. The average molecular weight is 262 g/mol. The molecule has 1 saturated heterocycles. The molecule has 0 amide bonds. The van der Waals surface area contributed by atoms with Crippen LogP contribution in [0.2, 0.25) is 0 Å². The fourth-order valence-electron chi connectivity index (χ4n) is 2.68. The first-order valence-corrected chi connectivity index (χ1v) is 7.28. The Morgan fingerprint density at radius 3 is 2.63 bits per heavy atom. The zero-order valence-electron chi connectivity index (χ0n) is 12.6. The van der Waals surface area contributed by atoms with E-state index in [9.17, 15) is 0 Å². The molecule has 0 unspecified atom stereocenters. The van der Waals surface area contributed by atoms with Crippen molar-refractivity contribution < 1.29 is 0 Å². The van der Waals surface area contributed by atoms with Crippen molar-refractivity contribution in [1.29, 1.82) is 0 Å². The van der Waals surface area contributed by atoms with E-state index >= 15 is 0 Å². The zero-order chi connectivity index (χ0) is 13.8. The lowest BCUT2D eigenvalue weighted by Crippen LogP contribution is -2.42. The van der Waals surface area contributed by atoms with Gasteiger partial charge in [0.2, 0.25) is 0 Å². The van der Waals surface area contributed by atoms with E-state index < -0.39 is 0 Å². The van der Waals surface area contributed by atoms with E-state index in [0.717, 1.165) is 17.9 Å². The Labute approximate surface area is 116 Å². The van der Waals surface area contributed by atoms with Crippen LogP contribution in [0.3, 0.4) is 0 Å². The van der Waals surface area contributed by atoms with Crippen molar-refractivity contribution in [3.05, 3.63) is 18.1 Å². The molecule has 2 heterocycles. The average Bonchev–Trinajstić information content (AvgIpc) is 2.38. The Bertz CT molecular complexity index is 397. The molecule has 0 radical (unpaired) electrons. The van der Waals surface area contributed by atoms with E-state index in [1.54, 1.807) is 6.33 Å². The van der Waals surface area contributed by atoms with Gasteiger partial charge in [-0.05, 0) is 45.3 Å². The van der Waals surface area contributed by atoms with Gasteiger partial charge in [0.05, 0.1) is 0 Å². The van der Waals surface area contributed by atoms with E-state index in [2.05, 4.69) is 53.8 Å². The van der Waals surface area contributed by atoms with Crippen molar-refractivity contribution in [2.75, 3.05) is 32.1 Å². The molecule has 0 aliphatic carbocycles. The summed E-state index contributed by atoms with van der Waals surface area (Å²) in [6.45, 7) is 6.81. The van der Waals surface area contributed by atoms with Crippen LogP contribution in [0.5, 0.6) is 0 Å². The molecule has 0 bridgehead atoms. The third kappa shape index (κ3) is 3.90. The topological polar surface area (TPSA) is 32.3 Å². The summed E-state index contributed by atoms with van der Waals surface area (Å²) >= 11 is 0. The van der Waals surface area contributed by atoms with E-state index in [1.807, 2.05) is 0 Å². The third-order valence-electron chi connectivity index (χ3n) is 3.92. The van der Waals surface area contributed by atoms with Gasteiger partial charge >= 0.3 is 0 Å². The van der Waals surface area contributed by atoms with E-state index in [0.29, 0.717) is 12.0 Å². The Balaban J connectivity index is 2.04. The van der Waals surface area contributed by atoms with Gasteiger partial charge < -0.3 is 9.80 Å². The summed E-state index contributed by atoms with van der Waals surface area (Å²) in [5.41, 5.74) is 1.15. The smallest absolute Gasteiger partial charge is 0.132 e. The minimum atomic E-state index is 0.609. The van der Waals surface area contributed by atoms with Crippen LogP contribution in [0.15, 0.2) is 12.4 Å². The number of likely N-dealkylation sites (tertiary alicyclic amines) is 1. The Hall–Kier alpha value is -1.16. The van der Waals surface area contributed by atoms with Crippen LogP contribution in [0.4, 0.5) is 5.82 Å². The Morgan fingerprint density at radius 2 is 2.00 bits per heavy atom. The minimum Gasteiger partial charge on any atom is -0.356 e. The second kappa shape index (κ2) is 6.33. The Morgan fingerprint density at radius 1 is 1.32 bits per heavy atom. The quantitative estimate of drug-likeness (QED) is 0.833. The van der Waals surface area contributed by atoms with Gasteiger partial charge in [-0.3, -0.25) is 0 Å². The fraction of sp³-hybridized carbons (Fsp3) is 0.733. The number of rotatable bonds is 4. The molecule has 1 aromatic heterocycles. The second-order valence-electron chi connectivity index (χ2n) is 6.11. The molecular weight excluding hydrogens is 236 g/mol. The summed E-state index contributed by atoms with van der Waals surface area (Å²) in [7, 11) is 4.36. The maximum atomic E-state index is 4.44. The first kappa shape index (κ1) is 14.3. The highest BCUT2D eigenvalue weighted by Gasteiger charge is 2.21. The summed E-state index contributed by atoms with van der Waals surface area (Å²) in [5, 5.41) is 0. The van der Waals surface area contributed by atoms with E-state index in [-0.39, 0.29) is 0 Å². The monoisotopic (exact) mass is 262 g/mol. The first-order valence-electron chi connectivity index (χ1n) is 7.28. The van der Waals surface area contributed by atoms with Crippen LogP contribution in [0.25, 0.3) is 0 Å². The molecule has 1 aliphatic heterocycles. The maximum absolute atomic E-state index is 4.44. The predicted octanol–water partition coefficient (Wildman–Crippen LogP) is 2.21. The molecule has 1 aromatic rings. The highest BCUT2D eigenvalue weighted by Crippen LogP contribution is 2.20. The van der Waals surface area contributed by atoms with Gasteiger partial charge in [0.1, 0.15) is 12.1 Å². The van der Waals surface area contributed by atoms with Gasteiger partial charge in [-0.15, -0.1) is 0 Å². The summed E-state index contributed by atoms with van der Waals surface area (Å²) in [4.78, 5) is 13.5. The molecule has 2 rings (SSSR count). The van der Waals surface area contributed by atoms with Gasteiger partial charge in [-0.25, -0.2) is 9.97 Å². The van der Waals surface area contributed by atoms with Gasteiger partial charge in [0.15, 0.2) is 0 Å². The standard InChI is InChI=1S/C15H26N4/c1-12(2)9-13-10-15(17-11-16-13)19(4)14-5-7-18(3)8-6-14/h10-12,14H,5-9H2,1-4H3. The molecule has 106 valence electrons. The van der Waals surface area contributed by atoms with Gasteiger partial charge in [0, 0.05) is 24.8 Å². The number of piperidine rings is 1. The molecule has 0 atom stereocenters. The third-order valence-corrected chi connectivity index (χ3v) is 3.92. The molecular formula is C15H26N4. The second-order valence-corrected chi connectivity index (χ2v) is 6.11. The number of aromatic nitrogens is 2. The SMILES string of the molecule is CC(C)Cc1cc(N(C)C2CCN(C)CC2)ncn1. The molecule has 0 spiro atoms. The van der Waals surface area contributed by atoms with E-state index in [1.165, 1.54) is 25.9 Å². The van der Waals surface area contributed by atoms with Crippen LogP contribution in [-0.2, 0) is 6.42 Å². The fourth-order valence-corrected chi connectivity index (χ4v) is 2.68. The summed E-state index contributed by atoms with van der Waals surface area (Å²) < 4.78 is 0. The maximum Gasteiger partial charge on any atom is 0.132 e. The molecule has 1 aliphatic rings. The van der Waals surface area contributed by atoms with Crippen LogP contribution >= 0.6 is 0 Å². The Kier molecular flexibility index (Phi) is 4.75. The normalized spacial score (nSPS) is 17.9. The molecule has 4 nitrogen and oxygen atoms in total. The highest BCUT2D eigenvalue weighted by molar-refractivity contribution is 5.39. The lowest BCUT2D eigenvalue weighted by molar-refractivity contribution is 0.252. The summed E-state index contributed by atoms with van der Waals surface area (Å²) in [5.74, 6) is 1.71. The number of hydrogen-bond acceptors (Lipinski definition) is 4. The van der Waals surface area contributed by atoms with Crippen LogP contribution < -0.4 is 4.90 Å². The molecule has 19 heavy (non-hydrogen) atoms. The van der Waals surface area contributed by atoms with Crippen LogP contribution in [0.1, 0.15) is 32.4 Å². The van der Waals surface area contributed by atoms with Crippen molar-refractivity contribution in [2.24, 2.45) is 5.92 Å². The predicted molar refractivity (Wildman–Crippen MR) is 79.5 cm³/mol. The lowest BCUT2D eigenvalue weighted by atomic mass is 10.0. The summed E-state index contributed by atoms with van der Waals surface area (Å²) in [6, 6.07) is 2.76. The van der Waals surface area contributed by atoms with Crippen molar-refractivity contribution in [3.63, 3.8) is 0 Å².